The molecule has 4 atom stereocenters. The molecule has 0 aromatic rings. The number of rotatable bonds is 11. The van der Waals surface area contributed by atoms with E-state index in [0.717, 1.165) is 44.9 Å². The van der Waals surface area contributed by atoms with Gasteiger partial charge >= 0.3 is 5.97 Å². The molecule has 0 amide bonds. The van der Waals surface area contributed by atoms with E-state index in [0.29, 0.717) is 11.8 Å². The van der Waals surface area contributed by atoms with Crippen molar-refractivity contribution in [1.82, 2.24) is 0 Å². The number of aliphatic hydroxyl groups is 1. The second-order valence-electron chi connectivity index (χ2n) is 7.11. The minimum atomic E-state index is -0.184. The minimum absolute atomic E-state index is 0.0510. The molecule has 1 N–H and O–H groups in total. The third-order valence-electron chi connectivity index (χ3n) is 5.15. The van der Waals surface area contributed by atoms with E-state index in [1.807, 2.05) is 6.92 Å². The highest BCUT2D eigenvalue weighted by atomic mass is 16.5. The normalized spacial score (nSPS) is 25.4. The number of methoxy groups -OCH3 is 1. The second-order valence-corrected chi connectivity index (χ2v) is 7.11. The summed E-state index contributed by atoms with van der Waals surface area (Å²) in [6.07, 6.45) is 21.1. The van der Waals surface area contributed by atoms with E-state index in [4.69, 9.17) is 4.74 Å². The first-order chi connectivity index (χ1) is 12.1. The molecule has 0 aliphatic heterocycles. The van der Waals surface area contributed by atoms with Crippen LogP contribution in [0.5, 0.6) is 0 Å². The van der Waals surface area contributed by atoms with Gasteiger partial charge in [0.1, 0.15) is 0 Å². The number of hydrogen-bond donors (Lipinski definition) is 1. The Bertz CT molecular complexity index is 450. The summed E-state index contributed by atoms with van der Waals surface area (Å²) in [5.74, 6) is 0.639. The number of ether oxygens (including phenoxy) is 1. The third kappa shape index (κ3) is 8.53. The second kappa shape index (κ2) is 12.9. The molecule has 25 heavy (non-hydrogen) atoms. The summed E-state index contributed by atoms with van der Waals surface area (Å²) in [4.78, 5) is 11.4. The van der Waals surface area contributed by atoms with Crippen molar-refractivity contribution in [3.63, 3.8) is 0 Å². The Kier molecular flexibility index (Phi) is 11.2. The molecule has 3 heteroatoms. The standard InChI is InChI=1S/C22H36O3/c1-4-5-6-7-8-11-14-19-16-17-21(23)20(19)15-12-9-10-13-18(2)22(24)25-3/h4-5,9,11-12,14,18-21,23H,6-8,10,13,15-17H2,1-3H3/t18?,19-,20+,21?/m0/s1. The van der Waals surface area contributed by atoms with Crippen molar-refractivity contribution in [2.45, 2.75) is 71.3 Å². The van der Waals surface area contributed by atoms with Crippen molar-refractivity contribution in [2.75, 3.05) is 7.11 Å². The van der Waals surface area contributed by atoms with Crippen LogP contribution in [0.15, 0.2) is 36.5 Å². The van der Waals surface area contributed by atoms with Crippen molar-refractivity contribution in [2.24, 2.45) is 17.8 Å². The molecular formula is C22H36O3. The molecule has 2 unspecified atom stereocenters. The average Bonchev–Trinajstić information content (AvgIpc) is 2.96. The van der Waals surface area contributed by atoms with Gasteiger partial charge in [0.25, 0.3) is 0 Å². The predicted octanol–water partition coefficient (Wildman–Crippen LogP) is 5.21. The zero-order valence-electron chi connectivity index (χ0n) is 16.2. The smallest absolute Gasteiger partial charge is 0.308 e. The van der Waals surface area contributed by atoms with Crippen LogP contribution in [0.1, 0.15) is 65.2 Å². The van der Waals surface area contributed by atoms with Crippen molar-refractivity contribution >= 4 is 5.97 Å². The summed E-state index contributed by atoms with van der Waals surface area (Å²) in [7, 11) is 1.43. The lowest BCUT2D eigenvalue weighted by molar-refractivity contribution is -0.144. The number of carbonyl (C=O) groups excluding carboxylic acids is 1. The fourth-order valence-corrected chi connectivity index (χ4v) is 3.48. The van der Waals surface area contributed by atoms with Crippen LogP contribution in [-0.2, 0) is 9.53 Å². The van der Waals surface area contributed by atoms with Gasteiger partial charge in [-0.05, 0) is 70.1 Å². The Morgan fingerprint density at radius 3 is 2.64 bits per heavy atom. The molecule has 0 bridgehead atoms. The first-order valence-electron chi connectivity index (χ1n) is 9.78. The summed E-state index contributed by atoms with van der Waals surface area (Å²) in [5, 5.41) is 10.2. The Labute approximate surface area is 153 Å². The Morgan fingerprint density at radius 2 is 1.92 bits per heavy atom. The van der Waals surface area contributed by atoms with Crippen LogP contribution in [0.3, 0.4) is 0 Å². The molecule has 1 fully saturated rings. The van der Waals surface area contributed by atoms with Crippen molar-refractivity contribution in [3.8, 4) is 0 Å². The van der Waals surface area contributed by atoms with Crippen molar-refractivity contribution in [1.29, 1.82) is 0 Å². The molecule has 1 rings (SSSR count). The van der Waals surface area contributed by atoms with E-state index in [1.165, 1.54) is 13.5 Å². The first kappa shape index (κ1) is 21.7. The molecule has 0 aromatic carbocycles. The zero-order chi connectivity index (χ0) is 18.5. The fraction of sp³-hybridized carbons (Fsp3) is 0.682. The molecule has 0 radical (unpaired) electrons. The number of aliphatic hydroxyl groups excluding tert-OH is 1. The maximum atomic E-state index is 11.4. The van der Waals surface area contributed by atoms with Crippen LogP contribution in [0.4, 0.5) is 0 Å². The number of carbonyl (C=O) groups is 1. The van der Waals surface area contributed by atoms with Gasteiger partial charge in [0, 0.05) is 0 Å². The summed E-state index contributed by atoms with van der Waals surface area (Å²) in [5.41, 5.74) is 0. The van der Waals surface area contributed by atoms with Crippen molar-refractivity contribution < 1.29 is 14.6 Å². The molecule has 0 heterocycles. The number of esters is 1. The minimum Gasteiger partial charge on any atom is -0.469 e. The van der Waals surface area contributed by atoms with Crippen molar-refractivity contribution in [3.05, 3.63) is 36.5 Å². The van der Waals surface area contributed by atoms with Gasteiger partial charge < -0.3 is 9.84 Å². The topological polar surface area (TPSA) is 46.5 Å². The molecule has 3 nitrogen and oxygen atoms in total. The lowest BCUT2D eigenvalue weighted by atomic mass is 9.90. The third-order valence-corrected chi connectivity index (χ3v) is 5.15. The molecule has 0 spiro atoms. The Morgan fingerprint density at radius 1 is 1.16 bits per heavy atom. The van der Waals surface area contributed by atoms with Crippen LogP contribution in [0, 0.1) is 17.8 Å². The number of unbranched alkanes of at least 4 members (excludes halogenated alkanes) is 2. The molecular weight excluding hydrogens is 312 g/mol. The quantitative estimate of drug-likeness (QED) is 0.317. The lowest BCUT2D eigenvalue weighted by Crippen LogP contribution is -2.17. The fourth-order valence-electron chi connectivity index (χ4n) is 3.48. The summed E-state index contributed by atoms with van der Waals surface area (Å²) >= 11 is 0. The van der Waals surface area contributed by atoms with Gasteiger partial charge in [0.15, 0.2) is 0 Å². The number of allylic oxidation sites excluding steroid dienone is 6. The largest absolute Gasteiger partial charge is 0.469 e. The maximum Gasteiger partial charge on any atom is 0.308 e. The van der Waals surface area contributed by atoms with Gasteiger partial charge in [-0.3, -0.25) is 4.79 Å². The molecule has 1 saturated carbocycles. The lowest BCUT2D eigenvalue weighted by Gasteiger charge is -2.18. The average molecular weight is 349 g/mol. The Hall–Kier alpha value is -1.35. The van der Waals surface area contributed by atoms with E-state index in [-0.39, 0.29) is 18.0 Å². The SMILES string of the molecule is CC=CCCCC=C[C@H]1CCC(O)[C@@H]1CC=CCCC(C)C(=O)OC. The van der Waals surface area contributed by atoms with Crippen LogP contribution >= 0.6 is 0 Å². The molecule has 0 aromatic heterocycles. The monoisotopic (exact) mass is 348 g/mol. The van der Waals surface area contributed by atoms with E-state index >= 15 is 0 Å². The highest BCUT2D eigenvalue weighted by Crippen LogP contribution is 2.36. The van der Waals surface area contributed by atoms with E-state index < -0.39 is 0 Å². The molecule has 0 saturated heterocycles. The molecule has 1 aliphatic carbocycles. The summed E-state index contributed by atoms with van der Waals surface area (Å²) in [6, 6.07) is 0. The van der Waals surface area contributed by atoms with E-state index in [9.17, 15) is 9.90 Å². The first-order valence-corrected chi connectivity index (χ1v) is 9.78. The molecule has 1 aliphatic rings. The highest BCUT2D eigenvalue weighted by Gasteiger charge is 2.32. The van der Waals surface area contributed by atoms with Crippen LogP contribution < -0.4 is 0 Å². The van der Waals surface area contributed by atoms with Gasteiger partial charge in [0.2, 0.25) is 0 Å². The number of hydrogen-bond acceptors (Lipinski definition) is 3. The zero-order valence-corrected chi connectivity index (χ0v) is 16.2. The van der Waals surface area contributed by atoms with Gasteiger partial charge in [-0.2, -0.15) is 0 Å². The van der Waals surface area contributed by atoms with Gasteiger partial charge in [0.05, 0.1) is 19.1 Å². The van der Waals surface area contributed by atoms with Gasteiger partial charge in [-0.25, -0.2) is 0 Å². The van der Waals surface area contributed by atoms with Gasteiger partial charge in [-0.1, -0.05) is 43.4 Å². The van der Waals surface area contributed by atoms with Crippen LogP contribution in [0.25, 0.3) is 0 Å². The van der Waals surface area contributed by atoms with Gasteiger partial charge in [-0.15, -0.1) is 0 Å². The highest BCUT2D eigenvalue weighted by molar-refractivity contribution is 5.71. The van der Waals surface area contributed by atoms with Crippen LogP contribution in [0.2, 0.25) is 0 Å². The maximum absolute atomic E-state index is 11.4. The predicted molar refractivity (Wildman–Crippen MR) is 104 cm³/mol. The van der Waals surface area contributed by atoms with E-state index in [1.54, 1.807) is 0 Å². The van der Waals surface area contributed by atoms with Crippen LogP contribution in [-0.4, -0.2) is 24.3 Å². The van der Waals surface area contributed by atoms with E-state index in [2.05, 4.69) is 43.4 Å². The molecule has 142 valence electrons. The Balaban J connectivity index is 2.32. The summed E-state index contributed by atoms with van der Waals surface area (Å²) in [6.45, 7) is 3.96. The summed E-state index contributed by atoms with van der Waals surface area (Å²) < 4.78 is 4.74.